The Labute approximate surface area is 123 Å². The van der Waals surface area contributed by atoms with Crippen molar-refractivity contribution < 1.29 is 22.6 Å². The number of benzene rings is 1. The van der Waals surface area contributed by atoms with Crippen molar-refractivity contribution in [1.29, 1.82) is 0 Å². The smallest absolute Gasteiger partial charge is 0.381 e. The van der Waals surface area contributed by atoms with E-state index < -0.39 is 17.3 Å². The van der Waals surface area contributed by atoms with Gasteiger partial charge in [-0.3, -0.25) is 0 Å². The zero-order chi connectivity index (χ0) is 14.8. The van der Waals surface area contributed by atoms with Crippen molar-refractivity contribution in [2.24, 2.45) is 0 Å². The molecule has 0 radical (unpaired) electrons. The Kier molecular flexibility index (Phi) is 4.61. The van der Waals surface area contributed by atoms with Crippen molar-refractivity contribution in [3.63, 3.8) is 0 Å². The van der Waals surface area contributed by atoms with Gasteiger partial charge in [-0.05, 0) is 34.1 Å². The second kappa shape index (κ2) is 5.91. The minimum absolute atomic E-state index is 0.373. The average Bonchev–Trinajstić information content (AvgIpc) is 2.85. The van der Waals surface area contributed by atoms with Gasteiger partial charge in [0.05, 0.1) is 12.2 Å². The van der Waals surface area contributed by atoms with Crippen LogP contribution in [0.3, 0.4) is 0 Å². The lowest BCUT2D eigenvalue weighted by Crippen LogP contribution is -2.39. The predicted molar refractivity (Wildman–Crippen MR) is 72.8 cm³/mol. The van der Waals surface area contributed by atoms with Crippen LogP contribution in [0.15, 0.2) is 22.7 Å². The minimum Gasteiger partial charge on any atom is -0.381 e. The summed E-state index contributed by atoms with van der Waals surface area (Å²) in [6.45, 7) is 1.59. The number of nitrogens with one attached hydrogen (secondary N) is 1. The lowest BCUT2D eigenvalue weighted by Gasteiger charge is -2.26. The average molecular weight is 354 g/mol. The van der Waals surface area contributed by atoms with Crippen LogP contribution in [0.4, 0.5) is 18.9 Å². The summed E-state index contributed by atoms with van der Waals surface area (Å²) in [5.74, 6) is 0. The molecule has 20 heavy (non-hydrogen) atoms. The largest absolute Gasteiger partial charge is 0.416 e. The number of ether oxygens (including phenoxy) is 2. The summed E-state index contributed by atoms with van der Waals surface area (Å²) in [5, 5.41) is 3.11. The van der Waals surface area contributed by atoms with Crippen LogP contribution in [0.5, 0.6) is 0 Å². The van der Waals surface area contributed by atoms with Crippen molar-refractivity contribution in [3.8, 4) is 0 Å². The summed E-state index contributed by atoms with van der Waals surface area (Å²) >= 11 is 3.15. The van der Waals surface area contributed by atoms with E-state index in [0.717, 1.165) is 18.6 Å². The second-order valence-corrected chi connectivity index (χ2v) is 5.59. The molecule has 2 rings (SSSR count). The molecule has 0 spiro atoms. The highest BCUT2D eigenvalue weighted by atomic mass is 79.9. The van der Waals surface area contributed by atoms with Crippen LogP contribution >= 0.6 is 15.9 Å². The van der Waals surface area contributed by atoms with Crippen LogP contribution < -0.4 is 5.32 Å². The second-order valence-electron chi connectivity index (χ2n) is 4.74. The Balaban J connectivity index is 2.07. The van der Waals surface area contributed by atoms with E-state index in [4.69, 9.17) is 9.47 Å². The minimum atomic E-state index is -4.34. The molecule has 1 atom stereocenters. The van der Waals surface area contributed by atoms with Gasteiger partial charge in [0.2, 0.25) is 0 Å². The van der Waals surface area contributed by atoms with E-state index in [0.29, 0.717) is 29.9 Å². The summed E-state index contributed by atoms with van der Waals surface area (Å²) in [4.78, 5) is 0. The molecule has 0 aliphatic carbocycles. The molecular weight excluding hydrogens is 339 g/mol. The van der Waals surface area contributed by atoms with Crippen molar-refractivity contribution in [2.75, 3.05) is 32.2 Å². The molecule has 1 aliphatic heterocycles. The molecule has 1 fully saturated rings. The molecule has 1 aromatic carbocycles. The topological polar surface area (TPSA) is 30.5 Å². The van der Waals surface area contributed by atoms with Crippen molar-refractivity contribution in [1.82, 2.24) is 0 Å². The van der Waals surface area contributed by atoms with Crippen molar-refractivity contribution in [3.05, 3.63) is 28.2 Å². The van der Waals surface area contributed by atoms with Gasteiger partial charge in [0.1, 0.15) is 5.60 Å². The quantitative estimate of drug-likeness (QED) is 0.895. The van der Waals surface area contributed by atoms with Crippen LogP contribution in [0, 0.1) is 0 Å². The number of anilines is 1. The predicted octanol–water partition coefficient (Wildman–Crippen LogP) is 3.69. The van der Waals surface area contributed by atoms with Gasteiger partial charge >= 0.3 is 6.18 Å². The highest BCUT2D eigenvalue weighted by Crippen LogP contribution is 2.34. The summed E-state index contributed by atoms with van der Waals surface area (Å²) in [6.07, 6.45) is -3.58. The summed E-state index contributed by atoms with van der Waals surface area (Å²) < 4.78 is 48.8. The molecule has 1 saturated heterocycles. The third kappa shape index (κ3) is 3.45. The van der Waals surface area contributed by atoms with E-state index in [-0.39, 0.29) is 0 Å². The first kappa shape index (κ1) is 15.6. The molecule has 3 nitrogen and oxygen atoms in total. The SMILES string of the molecule is COC1(CNc2ccc(C(F)(F)F)cc2Br)CCOC1. The standard InChI is InChI=1S/C13H15BrF3NO2/c1-19-12(4-5-20-8-12)7-18-11-3-2-9(6-10(11)14)13(15,16)17/h2-3,6,18H,4-5,7-8H2,1H3. The molecule has 0 amide bonds. The number of hydrogen-bond acceptors (Lipinski definition) is 3. The van der Waals surface area contributed by atoms with Gasteiger partial charge < -0.3 is 14.8 Å². The summed E-state index contributed by atoms with van der Waals surface area (Å²) in [7, 11) is 1.61. The number of alkyl halides is 3. The number of rotatable bonds is 4. The van der Waals surface area contributed by atoms with Crippen LogP contribution in [0.1, 0.15) is 12.0 Å². The van der Waals surface area contributed by atoms with Crippen molar-refractivity contribution in [2.45, 2.75) is 18.2 Å². The monoisotopic (exact) mass is 353 g/mol. The van der Waals surface area contributed by atoms with E-state index in [1.54, 1.807) is 7.11 Å². The van der Waals surface area contributed by atoms with Gasteiger partial charge in [-0.2, -0.15) is 13.2 Å². The Morgan fingerprint density at radius 1 is 1.45 bits per heavy atom. The third-order valence-corrected chi connectivity index (χ3v) is 4.05. The molecular formula is C13H15BrF3NO2. The highest BCUT2D eigenvalue weighted by Gasteiger charge is 2.35. The van der Waals surface area contributed by atoms with Crippen molar-refractivity contribution >= 4 is 21.6 Å². The maximum Gasteiger partial charge on any atom is 0.416 e. The van der Waals surface area contributed by atoms with Crippen LogP contribution in [-0.2, 0) is 15.7 Å². The van der Waals surface area contributed by atoms with Gasteiger partial charge in [0.15, 0.2) is 0 Å². The lowest BCUT2D eigenvalue weighted by atomic mass is 10.0. The molecule has 7 heteroatoms. The van der Waals surface area contributed by atoms with Crippen LogP contribution in [0.2, 0.25) is 0 Å². The van der Waals surface area contributed by atoms with Gasteiger partial charge in [0, 0.05) is 36.8 Å². The van der Waals surface area contributed by atoms with Gasteiger partial charge in [0.25, 0.3) is 0 Å². The molecule has 0 saturated carbocycles. The fourth-order valence-corrected chi connectivity index (χ4v) is 2.57. The molecule has 1 aromatic rings. The van der Waals surface area contributed by atoms with Crippen LogP contribution in [-0.4, -0.2) is 32.5 Å². The number of methoxy groups -OCH3 is 1. The van der Waals surface area contributed by atoms with E-state index in [1.165, 1.54) is 6.07 Å². The maximum atomic E-state index is 12.6. The maximum absolute atomic E-state index is 12.6. The molecule has 0 bridgehead atoms. The number of halogens is 4. The summed E-state index contributed by atoms with van der Waals surface area (Å²) in [6, 6.07) is 3.52. The van der Waals surface area contributed by atoms with Gasteiger partial charge in [-0.15, -0.1) is 0 Å². The molecule has 1 heterocycles. The van der Waals surface area contributed by atoms with Gasteiger partial charge in [-0.1, -0.05) is 0 Å². The fraction of sp³-hybridized carbons (Fsp3) is 0.538. The lowest BCUT2D eigenvalue weighted by molar-refractivity contribution is -0.137. The Morgan fingerprint density at radius 2 is 2.20 bits per heavy atom. The van der Waals surface area contributed by atoms with Gasteiger partial charge in [-0.25, -0.2) is 0 Å². The molecule has 1 N–H and O–H groups in total. The molecule has 1 unspecified atom stereocenters. The number of hydrogen-bond donors (Lipinski definition) is 1. The first-order chi connectivity index (χ1) is 9.36. The fourth-order valence-electron chi connectivity index (χ4n) is 2.05. The Hall–Kier alpha value is -0.790. The Morgan fingerprint density at radius 3 is 2.70 bits per heavy atom. The molecule has 112 valence electrons. The zero-order valence-corrected chi connectivity index (χ0v) is 12.5. The van der Waals surface area contributed by atoms with E-state index >= 15 is 0 Å². The molecule has 1 aliphatic rings. The summed E-state index contributed by atoms with van der Waals surface area (Å²) in [5.41, 5.74) is -0.496. The van der Waals surface area contributed by atoms with E-state index in [9.17, 15) is 13.2 Å². The van der Waals surface area contributed by atoms with Crippen LogP contribution in [0.25, 0.3) is 0 Å². The normalized spacial score (nSPS) is 23.1. The Bertz CT molecular complexity index is 473. The van der Waals surface area contributed by atoms with E-state index in [2.05, 4.69) is 21.2 Å². The first-order valence-corrected chi connectivity index (χ1v) is 6.89. The van der Waals surface area contributed by atoms with E-state index in [1.807, 2.05) is 0 Å². The first-order valence-electron chi connectivity index (χ1n) is 6.10. The third-order valence-electron chi connectivity index (χ3n) is 3.40. The zero-order valence-electron chi connectivity index (χ0n) is 10.9. The highest BCUT2D eigenvalue weighted by molar-refractivity contribution is 9.10. The molecule has 0 aromatic heterocycles.